The first-order chi connectivity index (χ1) is 8.13. The van der Waals surface area contributed by atoms with Gasteiger partial charge in [-0.25, -0.2) is 4.98 Å². The summed E-state index contributed by atoms with van der Waals surface area (Å²) in [7, 11) is 0. The lowest BCUT2D eigenvalue weighted by Gasteiger charge is -2.14. The Labute approximate surface area is 107 Å². The normalized spacial score (nSPS) is 16.9. The van der Waals surface area contributed by atoms with E-state index in [1.165, 1.54) is 12.8 Å². The molecule has 1 aromatic heterocycles. The summed E-state index contributed by atoms with van der Waals surface area (Å²) in [4.78, 5) is 8.52. The van der Waals surface area contributed by atoms with Crippen molar-refractivity contribution in [2.45, 2.75) is 37.5 Å². The van der Waals surface area contributed by atoms with Gasteiger partial charge in [-0.15, -0.1) is 0 Å². The molecule has 0 aromatic carbocycles. The number of hydrogen-bond donors (Lipinski definition) is 1. The van der Waals surface area contributed by atoms with Gasteiger partial charge in [0.15, 0.2) is 0 Å². The summed E-state index contributed by atoms with van der Waals surface area (Å²) in [5.74, 6) is 1.29. The number of nitrogens with one attached hydrogen (secondary N) is 1. The molecule has 1 heterocycles. The van der Waals surface area contributed by atoms with Gasteiger partial charge in [0.1, 0.15) is 0 Å². The van der Waals surface area contributed by atoms with E-state index >= 15 is 0 Å². The average Bonchev–Trinajstić information content (AvgIpc) is 3.07. The molecule has 1 aromatic rings. The van der Waals surface area contributed by atoms with Crippen molar-refractivity contribution in [1.29, 1.82) is 0 Å². The first-order valence-corrected chi connectivity index (χ1v) is 7.15. The molecule has 0 saturated heterocycles. The average molecular weight is 253 g/mol. The highest BCUT2D eigenvalue weighted by Gasteiger charge is 2.41. The first kappa shape index (κ1) is 12.5. The predicted molar refractivity (Wildman–Crippen MR) is 71.8 cm³/mol. The summed E-state index contributed by atoms with van der Waals surface area (Å²) >= 11 is 1.92. The molecule has 5 heteroatoms. The Morgan fingerprint density at radius 3 is 2.88 bits per heavy atom. The fraction of sp³-hybridized carbons (Fsp3) is 0.667. The number of hydrogen-bond acceptors (Lipinski definition) is 5. The van der Waals surface area contributed by atoms with Crippen molar-refractivity contribution < 1.29 is 4.74 Å². The van der Waals surface area contributed by atoms with Crippen molar-refractivity contribution in [2.75, 3.05) is 18.1 Å². The van der Waals surface area contributed by atoms with Gasteiger partial charge in [0, 0.05) is 23.6 Å². The van der Waals surface area contributed by atoms with Crippen molar-refractivity contribution in [2.24, 2.45) is 0 Å². The smallest absolute Gasteiger partial charge is 0.225 e. The number of rotatable bonds is 6. The number of ether oxygens (including phenoxy) is 1. The molecule has 17 heavy (non-hydrogen) atoms. The molecule has 0 unspecified atom stereocenters. The molecular formula is C12H19N3OS. The SMILES string of the molecule is CSC1(CNc2nccc(OC(C)C)n2)CC1. The minimum absolute atomic E-state index is 0.138. The summed E-state index contributed by atoms with van der Waals surface area (Å²) in [5.41, 5.74) is 0. The van der Waals surface area contributed by atoms with E-state index < -0.39 is 0 Å². The summed E-state index contributed by atoms with van der Waals surface area (Å²) in [5, 5.41) is 3.29. The second kappa shape index (κ2) is 5.12. The van der Waals surface area contributed by atoms with E-state index in [4.69, 9.17) is 4.74 Å². The van der Waals surface area contributed by atoms with Gasteiger partial charge in [-0.05, 0) is 32.9 Å². The molecule has 0 amide bonds. The molecule has 4 nitrogen and oxygen atoms in total. The van der Waals surface area contributed by atoms with Crippen molar-refractivity contribution in [3.05, 3.63) is 12.3 Å². The molecule has 0 bridgehead atoms. The topological polar surface area (TPSA) is 47.0 Å². The highest BCUT2D eigenvalue weighted by molar-refractivity contribution is 8.00. The van der Waals surface area contributed by atoms with E-state index in [1.54, 1.807) is 12.3 Å². The zero-order valence-electron chi connectivity index (χ0n) is 10.6. The first-order valence-electron chi connectivity index (χ1n) is 5.92. The van der Waals surface area contributed by atoms with Crippen molar-refractivity contribution in [1.82, 2.24) is 9.97 Å². The fourth-order valence-electron chi connectivity index (χ4n) is 1.57. The third-order valence-electron chi connectivity index (χ3n) is 2.80. The van der Waals surface area contributed by atoms with Gasteiger partial charge in [0.2, 0.25) is 11.8 Å². The standard InChI is InChI=1S/C12H19N3OS/c1-9(2)16-10-4-7-13-11(15-10)14-8-12(17-3)5-6-12/h4,7,9H,5-6,8H2,1-3H3,(H,13,14,15). The maximum absolute atomic E-state index is 5.53. The van der Waals surface area contributed by atoms with E-state index in [-0.39, 0.29) is 6.10 Å². The van der Waals surface area contributed by atoms with Gasteiger partial charge in [-0.3, -0.25) is 0 Å². The Morgan fingerprint density at radius 1 is 1.53 bits per heavy atom. The Hall–Kier alpha value is -0.970. The highest BCUT2D eigenvalue weighted by atomic mass is 32.2. The molecule has 0 aliphatic heterocycles. The van der Waals surface area contributed by atoms with Crippen molar-refractivity contribution in [3.63, 3.8) is 0 Å². The van der Waals surface area contributed by atoms with Crippen LogP contribution in [0.5, 0.6) is 5.88 Å². The van der Waals surface area contributed by atoms with Crippen LogP contribution in [0.4, 0.5) is 5.95 Å². The molecule has 1 saturated carbocycles. The van der Waals surface area contributed by atoms with Gasteiger partial charge in [0.25, 0.3) is 0 Å². The van der Waals surface area contributed by atoms with Crippen LogP contribution < -0.4 is 10.1 Å². The summed E-state index contributed by atoms with van der Waals surface area (Å²) in [6.07, 6.45) is 6.59. The lowest BCUT2D eigenvalue weighted by Crippen LogP contribution is -2.19. The van der Waals surface area contributed by atoms with Gasteiger partial charge < -0.3 is 10.1 Å². The third-order valence-corrected chi connectivity index (χ3v) is 4.21. The molecule has 1 fully saturated rings. The van der Waals surface area contributed by atoms with Crippen LogP contribution in [0.1, 0.15) is 26.7 Å². The van der Waals surface area contributed by atoms with E-state index in [1.807, 2.05) is 25.6 Å². The maximum Gasteiger partial charge on any atom is 0.225 e. The van der Waals surface area contributed by atoms with E-state index in [9.17, 15) is 0 Å². The van der Waals surface area contributed by atoms with Crippen LogP contribution in [-0.2, 0) is 0 Å². The van der Waals surface area contributed by atoms with Gasteiger partial charge >= 0.3 is 0 Å². The van der Waals surface area contributed by atoms with Gasteiger partial charge in [-0.2, -0.15) is 16.7 Å². The Kier molecular flexibility index (Phi) is 3.76. The molecule has 94 valence electrons. The quantitative estimate of drug-likeness (QED) is 0.844. The summed E-state index contributed by atoms with van der Waals surface area (Å²) in [6, 6.07) is 1.78. The van der Waals surface area contributed by atoms with Crippen LogP contribution in [0.2, 0.25) is 0 Å². The number of anilines is 1. The zero-order valence-corrected chi connectivity index (χ0v) is 11.4. The second-order valence-corrected chi connectivity index (χ2v) is 5.90. The van der Waals surface area contributed by atoms with Gasteiger partial charge in [-0.1, -0.05) is 0 Å². The monoisotopic (exact) mass is 253 g/mol. The molecule has 0 spiro atoms. The summed E-state index contributed by atoms with van der Waals surface area (Å²) in [6.45, 7) is 4.91. The molecule has 1 aliphatic rings. The van der Waals surface area contributed by atoms with Gasteiger partial charge in [0.05, 0.1) is 6.10 Å². The fourth-order valence-corrected chi connectivity index (χ4v) is 2.29. The van der Waals surface area contributed by atoms with Crippen LogP contribution in [0, 0.1) is 0 Å². The van der Waals surface area contributed by atoms with Crippen LogP contribution in [0.3, 0.4) is 0 Å². The second-order valence-electron chi connectivity index (χ2n) is 4.63. The molecule has 2 rings (SSSR count). The number of nitrogens with zero attached hydrogens (tertiary/aromatic N) is 2. The van der Waals surface area contributed by atoms with E-state index in [2.05, 4.69) is 21.5 Å². The van der Waals surface area contributed by atoms with E-state index in [0.29, 0.717) is 16.6 Å². The largest absolute Gasteiger partial charge is 0.475 e. The predicted octanol–water partition coefficient (Wildman–Crippen LogP) is 2.57. The van der Waals surface area contributed by atoms with Crippen LogP contribution in [-0.4, -0.2) is 33.6 Å². The molecule has 1 N–H and O–H groups in total. The minimum atomic E-state index is 0.138. The Morgan fingerprint density at radius 2 is 2.29 bits per heavy atom. The Bertz CT molecular complexity index is 380. The van der Waals surface area contributed by atoms with Crippen LogP contribution >= 0.6 is 11.8 Å². The van der Waals surface area contributed by atoms with Crippen molar-refractivity contribution >= 4 is 17.7 Å². The number of thioether (sulfide) groups is 1. The lowest BCUT2D eigenvalue weighted by atomic mass is 10.4. The van der Waals surface area contributed by atoms with Crippen LogP contribution in [0.25, 0.3) is 0 Å². The molecular weight excluding hydrogens is 234 g/mol. The highest BCUT2D eigenvalue weighted by Crippen LogP contribution is 2.46. The minimum Gasteiger partial charge on any atom is -0.475 e. The third kappa shape index (κ3) is 3.49. The summed E-state index contributed by atoms with van der Waals surface area (Å²) < 4.78 is 5.95. The van der Waals surface area contributed by atoms with Crippen molar-refractivity contribution in [3.8, 4) is 5.88 Å². The maximum atomic E-state index is 5.53. The molecule has 0 atom stereocenters. The molecule has 1 aliphatic carbocycles. The zero-order chi connectivity index (χ0) is 12.3. The Balaban J connectivity index is 1.92. The van der Waals surface area contributed by atoms with Crippen LogP contribution in [0.15, 0.2) is 12.3 Å². The lowest BCUT2D eigenvalue weighted by molar-refractivity contribution is 0.232. The number of aromatic nitrogens is 2. The van der Waals surface area contributed by atoms with E-state index in [0.717, 1.165) is 6.54 Å². The molecule has 0 radical (unpaired) electrons.